The van der Waals surface area contributed by atoms with Gasteiger partial charge in [0.1, 0.15) is 0 Å². The number of carbonyl (C=O) groups excluding carboxylic acids is 2. The van der Waals surface area contributed by atoms with Crippen molar-refractivity contribution in [3.63, 3.8) is 0 Å². The van der Waals surface area contributed by atoms with Gasteiger partial charge in [0, 0.05) is 7.05 Å². The lowest BCUT2D eigenvalue weighted by Gasteiger charge is -2.32. The Kier molecular flexibility index (Phi) is 1.60. The molecule has 0 radical (unpaired) electrons. The van der Waals surface area contributed by atoms with Crippen molar-refractivity contribution in [2.75, 3.05) is 7.05 Å². The van der Waals surface area contributed by atoms with E-state index in [0.29, 0.717) is 0 Å². The maximum absolute atomic E-state index is 11.2. The Labute approximate surface area is 64.3 Å². The zero-order valence-corrected chi connectivity index (χ0v) is 6.67. The van der Waals surface area contributed by atoms with Crippen LogP contribution in [0.5, 0.6) is 0 Å². The number of imide groups is 1. The lowest BCUT2D eigenvalue weighted by molar-refractivity contribution is -0.166. The summed E-state index contributed by atoms with van der Waals surface area (Å²) in [6.07, 6.45) is 0. The summed E-state index contributed by atoms with van der Waals surface area (Å²) in [7, 11) is 1.40. The Bertz CT molecular complexity index is 212. The smallest absolute Gasteiger partial charge is 0.271 e. The molecule has 0 aromatic rings. The number of carbonyl (C=O) groups is 2. The van der Waals surface area contributed by atoms with E-state index in [0.717, 1.165) is 4.90 Å². The summed E-state index contributed by atoms with van der Waals surface area (Å²) in [6.45, 7) is 3.18. The van der Waals surface area contributed by atoms with E-state index in [9.17, 15) is 9.59 Å². The molecule has 0 atom stereocenters. The number of hydrogen-bond donors (Lipinski definition) is 1. The van der Waals surface area contributed by atoms with Gasteiger partial charge in [0.05, 0.1) is 0 Å². The van der Waals surface area contributed by atoms with Crippen LogP contribution in [0.25, 0.3) is 0 Å². The van der Waals surface area contributed by atoms with Crippen molar-refractivity contribution in [3.05, 3.63) is 0 Å². The number of likely N-dealkylation sites (N-methyl/N-ethyl adjacent to an activating group) is 1. The van der Waals surface area contributed by atoms with Crippen molar-refractivity contribution >= 4 is 11.9 Å². The molecule has 0 bridgehead atoms. The molecule has 0 unspecified atom stereocenters. The molecule has 5 nitrogen and oxygen atoms in total. The number of nitrogens with one attached hydrogen (secondary N) is 1. The highest BCUT2D eigenvalue weighted by atomic mass is 16.7. The monoisotopic (exact) mass is 158 g/mol. The fourth-order valence-corrected chi connectivity index (χ4v) is 0.779. The Morgan fingerprint density at radius 1 is 1.45 bits per heavy atom. The van der Waals surface area contributed by atoms with Crippen LogP contribution >= 0.6 is 0 Å². The van der Waals surface area contributed by atoms with E-state index in [4.69, 9.17) is 4.84 Å². The van der Waals surface area contributed by atoms with Gasteiger partial charge < -0.3 is 0 Å². The third-order valence-corrected chi connectivity index (χ3v) is 1.52. The molecule has 1 aliphatic heterocycles. The Balaban J connectivity index is 2.84. The molecular weight excluding hydrogens is 148 g/mol. The van der Waals surface area contributed by atoms with Crippen LogP contribution in [0.15, 0.2) is 0 Å². The van der Waals surface area contributed by atoms with Crippen molar-refractivity contribution in [2.24, 2.45) is 0 Å². The molecule has 0 aliphatic carbocycles. The van der Waals surface area contributed by atoms with Gasteiger partial charge in [-0.05, 0) is 13.8 Å². The first kappa shape index (κ1) is 8.00. The summed E-state index contributed by atoms with van der Waals surface area (Å²) in [5.74, 6) is -0.346. The van der Waals surface area contributed by atoms with Crippen molar-refractivity contribution in [1.29, 1.82) is 0 Å². The van der Waals surface area contributed by atoms with Gasteiger partial charge in [0.2, 0.25) is 0 Å². The molecule has 0 saturated carbocycles. The summed E-state index contributed by atoms with van der Waals surface area (Å²) in [5.41, 5.74) is 1.16. The number of amides is 3. The molecule has 62 valence electrons. The molecule has 0 spiro atoms. The minimum atomic E-state index is -0.956. The third kappa shape index (κ3) is 1.19. The van der Waals surface area contributed by atoms with E-state index in [-0.39, 0.29) is 5.91 Å². The van der Waals surface area contributed by atoms with Crippen LogP contribution < -0.4 is 5.48 Å². The lowest BCUT2D eigenvalue weighted by Crippen LogP contribution is -2.59. The summed E-state index contributed by atoms with van der Waals surface area (Å²) < 4.78 is 0. The average molecular weight is 158 g/mol. The molecule has 1 saturated heterocycles. The highest BCUT2D eigenvalue weighted by molar-refractivity contribution is 5.99. The molecule has 1 rings (SSSR count). The summed E-state index contributed by atoms with van der Waals surface area (Å²) in [5, 5.41) is 0. The molecule has 11 heavy (non-hydrogen) atoms. The van der Waals surface area contributed by atoms with Gasteiger partial charge in [0.15, 0.2) is 5.60 Å². The molecular formula is C6H10N2O3. The maximum atomic E-state index is 11.2. The fraction of sp³-hybridized carbons (Fsp3) is 0.667. The number of nitrogens with zero attached hydrogens (tertiary/aromatic N) is 1. The van der Waals surface area contributed by atoms with Crippen molar-refractivity contribution in [3.8, 4) is 0 Å². The highest BCUT2D eigenvalue weighted by Gasteiger charge is 2.39. The molecule has 0 aromatic heterocycles. The zero-order chi connectivity index (χ0) is 8.65. The van der Waals surface area contributed by atoms with Gasteiger partial charge in [-0.2, -0.15) is 0 Å². The zero-order valence-electron chi connectivity index (χ0n) is 6.67. The van der Waals surface area contributed by atoms with Crippen molar-refractivity contribution < 1.29 is 14.4 Å². The Morgan fingerprint density at radius 2 is 2.00 bits per heavy atom. The number of rotatable bonds is 0. The van der Waals surface area contributed by atoms with E-state index < -0.39 is 11.6 Å². The van der Waals surface area contributed by atoms with E-state index in [2.05, 4.69) is 5.48 Å². The van der Waals surface area contributed by atoms with E-state index in [1.54, 1.807) is 13.8 Å². The number of urea groups is 1. The largest absolute Gasteiger partial charge is 0.347 e. The van der Waals surface area contributed by atoms with Crippen LogP contribution in [-0.4, -0.2) is 29.5 Å². The van der Waals surface area contributed by atoms with Crippen LogP contribution in [0.4, 0.5) is 4.79 Å². The van der Waals surface area contributed by atoms with Gasteiger partial charge in [-0.25, -0.2) is 10.3 Å². The van der Waals surface area contributed by atoms with Gasteiger partial charge in [-0.3, -0.25) is 14.5 Å². The minimum absolute atomic E-state index is 0.346. The second-order valence-electron chi connectivity index (χ2n) is 2.88. The standard InChI is InChI=1S/C6H10N2O3/c1-6(2)4(9)8(3)5(10)7-11-6/h1-3H3,(H,7,10). The van der Waals surface area contributed by atoms with Crippen molar-refractivity contribution in [2.45, 2.75) is 19.4 Å². The highest BCUT2D eigenvalue weighted by Crippen LogP contribution is 2.14. The number of hydroxylamine groups is 1. The predicted molar refractivity (Wildman–Crippen MR) is 36.5 cm³/mol. The third-order valence-electron chi connectivity index (χ3n) is 1.52. The maximum Gasteiger partial charge on any atom is 0.347 e. The van der Waals surface area contributed by atoms with Gasteiger partial charge in [-0.15, -0.1) is 0 Å². The first-order valence-corrected chi connectivity index (χ1v) is 3.21. The molecule has 0 aromatic carbocycles. The molecule has 5 heteroatoms. The van der Waals surface area contributed by atoms with Gasteiger partial charge in [-0.1, -0.05) is 0 Å². The van der Waals surface area contributed by atoms with E-state index in [1.807, 2.05) is 0 Å². The van der Waals surface area contributed by atoms with Crippen LogP contribution in [0.2, 0.25) is 0 Å². The summed E-state index contributed by atoms with van der Waals surface area (Å²) in [4.78, 5) is 27.7. The molecule has 1 aliphatic rings. The van der Waals surface area contributed by atoms with Crippen molar-refractivity contribution in [1.82, 2.24) is 10.4 Å². The fourth-order valence-electron chi connectivity index (χ4n) is 0.779. The lowest BCUT2D eigenvalue weighted by atomic mass is 10.1. The topological polar surface area (TPSA) is 58.6 Å². The van der Waals surface area contributed by atoms with Crippen LogP contribution in [-0.2, 0) is 9.63 Å². The molecule has 3 amide bonds. The summed E-state index contributed by atoms with van der Waals surface area (Å²) in [6, 6.07) is -0.533. The van der Waals surface area contributed by atoms with Gasteiger partial charge >= 0.3 is 6.03 Å². The second kappa shape index (κ2) is 2.20. The number of hydrogen-bond acceptors (Lipinski definition) is 3. The Hall–Kier alpha value is -1.10. The van der Waals surface area contributed by atoms with Crippen LogP contribution in [0.1, 0.15) is 13.8 Å². The van der Waals surface area contributed by atoms with Crippen LogP contribution in [0, 0.1) is 0 Å². The predicted octanol–water partition coefficient (Wildman–Crippen LogP) is -0.122. The molecule has 1 fully saturated rings. The SMILES string of the molecule is CN1C(=O)NOC(C)(C)C1=O. The summed E-state index contributed by atoms with van der Waals surface area (Å²) >= 11 is 0. The average Bonchev–Trinajstić information content (AvgIpc) is 1.95. The Morgan fingerprint density at radius 3 is 2.45 bits per heavy atom. The van der Waals surface area contributed by atoms with E-state index >= 15 is 0 Å². The van der Waals surface area contributed by atoms with Crippen LogP contribution in [0.3, 0.4) is 0 Å². The first-order valence-electron chi connectivity index (χ1n) is 3.21. The molecule has 1 heterocycles. The quantitative estimate of drug-likeness (QED) is 0.534. The van der Waals surface area contributed by atoms with Gasteiger partial charge in [0.25, 0.3) is 5.91 Å². The normalized spacial score (nSPS) is 23.4. The molecule has 1 N–H and O–H groups in total. The second-order valence-corrected chi connectivity index (χ2v) is 2.88. The minimum Gasteiger partial charge on any atom is -0.271 e. The first-order chi connectivity index (χ1) is 4.95. The van der Waals surface area contributed by atoms with E-state index in [1.165, 1.54) is 7.05 Å².